The van der Waals surface area contributed by atoms with Gasteiger partial charge in [0.1, 0.15) is 52.4 Å². The molecule has 6 rings (SSSR count). The predicted molar refractivity (Wildman–Crippen MR) is 154 cm³/mol. The first-order chi connectivity index (χ1) is 18.8. The summed E-state index contributed by atoms with van der Waals surface area (Å²) in [6.45, 7) is 7.79. The van der Waals surface area contributed by atoms with Crippen LogP contribution in [0.15, 0.2) is 121 Å². The Morgan fingerprint density at radius 3 is 1.08 bits per heavy atom. The third kappa shape index (κ3) is 6.48. The molecule has 4 nitrogen and oxygen atoms in total. The van der Waals surface area contributed by atoms with E-state index in [4.69, 9.17) is 0 Å². The second kappa shape index (κ2) is 12.9. The van der Waals surface area contributed by atoms with E-state index in [1.165, 1.54) is 33.9 Å². The SMILES string of the molecule is [Br-].c1ccc(CN2CC[N+](Cc3ccccc3)=C2C2=[N+](Cc3ccccc3)CCN2Cc2ccccc2)cc1. The minimum Gasteiger partial charge on any atom is -1.00 e. The monoisotopic (exact) mass is 579 g/mol. The van der Waals surface area contributed by atoms with Crippen LogP contribution in [0.1, 0.15) is 22.3 Å². The number of nitrogens with zero attached hydrogens (tertiary/aromatic N) is 4. The van der Waals surface area contributed by atoms with Gasteiger partial charge in [0, 0.05) is 0 Å². The summed E-state index contributed by atoms with van der Waals surface area (Å²) in [7, 11) is 0. The molecule has 0 fully saturated rings. The Balaban J connectivity index is 0.00000308. The van der Waals surface area contributed by atoms with Gasteiger partial charge in [0.05, 0.1) is 0 Å². The summed E-state index contributed by atoms with van der Waals surface area (Å²) in [4.78, 5) is 5.21. The minimum absolute atomic E-state index is 0. The summed E-state index contributed by atoms with van der Waals surface area (Å²) in [6.07, 6.45) is 0. The molecule has 5 heteroatoms. The predicted octanol–water partition coefficient (Wildman–Crippen LogP) is 2.24. The molecule has 0 unspecified atom stereocenters. The van der Waals surface area contributed by atoms with E-state index in [0.717, 1.165) is 52.4 Å². The van der Waals surface area contributed by atoms with Gasteiger partial charge in [-0.15, -0.1) is 0 Å². The smallest absolute Gasteiger partial charge is 0.363 e. The van der Waals surface area contributed by atoms with Crippen LogP contribution in [0.4, 0.5) is 0 Å². The van der Waals surface area contributed by atoms with E-state index in [1.54, 1.807) is 0 Å². The van der Waals surface area contributed by atoms with Gasteiger partial charge >= 0.3 is 11.7 Å². The maximum absolute atomic E-state index is 2.61. The average molecular weight is 581 g/mol. The molecule has 39 heavy (non-hydrogen) atoms. The molecule has 4 aromatic carbocycles. The zero-order valence-corrected chi connectivity index (χ0v) is 24.0. The zero-order chi connectivity index (χ0) is 25.6. The van der Waals surface area contributed by atoms with Gasteiger partial charge in [0.25, 0.3) is 0 Å². The van der Waals surface area contributed by atoms with E-state index in [0.29, 0.717) is 0 Å². The molecule has 2 aliphatic heterocycles. The van der Waals surface area contributed by atoms with Crippen LogP contribution < -0.4 is 17.0 Å². The van der Waals surface area contributed by atoms with Crippen molar-refractivity contribution in [2.45, 2.75) is 26.2 Å². The highest BCUT2D eigenvalue weighted by Gasteiger charge is 2.46. The second-order valence-electron chi connectivity index (χ2n) is 10.3. The Morgan fingerprint density at radius 1 is 0.436 bits per heavy atom. The van der Waals surface area contributed by atoms with E-state index in [-0.39, 0.29) is 17.0 Å². The molecule has 0 saturated carbocycles. The third-order valence-corrected chi connectivity index (χ3v) is 7.54. The Bertz CT molecular complexity index is 1290. The highest BCUT2D eigenvalue weighted by molar-refractivity contribution is 6.36. The molecule has 2 aliphatic rings. The van der Waals surface area contributed by atoms with E-state index >= 15 is 0 Å². The first-order valence-electron chi connectivity index (χ1n) is 13.7. The van der Waals surface area contributed by atoms with Crippen LogP contribution in [0.25, 0.3) is 0 Å². The van der Waals surface area contributed by atoms with Gasteiger partial charge in [-0.05, 0) is 22.3 Å². The van der Waals surface area contributed by atoms with Crippen LogP contribution in [0.3, 0.4) is 0 Å². The molecule has 0 bridgehead atoms. The number of hydrogen-bond acceptors (Lipinski definition) is 2. The second-order valence-corrected chi connectivity index (χ2v) is 10.3. The molecule has 4 aromatic rings. The number of rotatable bonds is 9. The third-order valence-electron chi connectivity index (χ3n) is 7.54. The van der Waals surface area contributed by atoms with Crippen molar-refractivity contribution in [3.8, 4) is 0 Å². The average Bonchev–Trinajstić information content (AvgIpc) is 3.53. The number of benzene rings is 4. The molecule has 2 heterocycles. The van der Waals surface area contributed by atoms with E-state index < -0.39 is 0 Å². The van der Waals surface area contributed by atoms with Gasteiger partial charge < -0.3 is 17.0 Å². The Hall–Kier alpha value is -3.70. The molecule has 0 saturated heterocycles. The molecule has 0 spiro atoms. The van der Waals surface area contributed by atoms with Crippen molar-refractivity contribution in [2.75, 3.05) is 26.2 Å². The lowest BCUT2D eigenvalue weighted by Crippen LogP contribution is -3.00. The first-order valence-corrected chi connectivity index (χ1v) is 13.7. The summed E-state index contributed by atoms with van der Waals surface area (Å²) in [6, 6.07) is 43.6. The summed E-state index contributed by atoms with van der Waals surface area (Å²) < 4.78 is 5.21. The van der Waals surface area contributed by atoms with Crippen molar-refractivity contribution in [1.82, 2.24) is 9.80 Å². The van der Waals surface area contributed by atoms with Crippen LogP contribution in [0, 0.1) is 0 Å². The summed E-state index contributed by atoms with van der Waals surface area (Å²) >= 11 is 0. The van der Waals surface area contributed by atoms with Crippen LogP contribution >= 0.6 is 0 Å². The maximum atomic E-state index is 2.61. The first kappa shape index (κ1) is 26.9. The van der Waals surface area contributed by atoms with Crippen molar-refractivity contribution in [2.24, 2.45) is 0 Å². The van der Waals surface area contributed by atoms with Gasteiger partial charge in [-0.2, -0.15) is 0 Å². The van der Waals surface area contributed by atoms with Gasteiger partial charge in [0.2, 0.25) is 0 Å². The lowest BCUT2D eigenvalue weighted by Gasteiger charge is -2.18. The summed E-state index contributed by atoms with van der Waals surface area (Å²) in [5.41, 5.74) is 5.42. The highest BCUT2D eigenvalue weighted by atomic mass is 79.9. The van der Waals surface area contributed by atoms with E-state index in [2.05, 4.69) is 140 Å². The maximum Gasteiger partial charge on any atom is 0.363 e. The Kier molecular flexibility index (Phi) is 8.89. The molecule has 0 radical (unpaired) electrons. The lowest BCUT2D eigenvalue weighted by molar-refractivity contribution is -0.546. The van der Waals surface area contributed by atoms with Crippen molar-refractivity contribution in [1.29, 1.82) is 0 Å². The van der Waals surface area contributed by atoms with Crippen LogP contribution in [0.5, 0.6) is 0 Å². The fourth-order valence-electron chi connectivity index (χ4n) is 5.70. The largest absolute Gasteiger partial charge is 1.00 e. The van der Waals surface area contributed by atoms with Gasteiger partial charge in [-0.1, -0.05) is 121 Å². The van der Waals surface area contributed by atoms with Crippen molar-refractivity contribution < 1.29 is 26.1 Å². The number of halogens is 1. The Morgan fingerprint density at radius 2 is 0.744 bits per heavy atom. The van der Waals surface area contributed by atoms with Gasteiger partial charge in [-0.3, -0.25) is 0 Å². The summed E-state index contributed by atoms with van der Waals surface area (Å²) in [5, 5.41) is 0. The van der Waals surface area contributed by atoms with Crippen LogP contribution in [0.2, 0.25) is 0 Å². The molecule has 0 amide bonds. The quantitative estimate of drug-likeness (QED) is 0.282. The fourth-order valence-corrected chi connectivity index (χ4v) is 5.70. The topological polar surface area (TPSA) is 12.5 Å². The molecule has 0 atom stereocenters. The molecular formula is C34H36BrN4+. The van der Waals surface area contributed by atoms with E-state index in [1.807, 2.05) is 0 Å². The number of hydrogen-bond donors (Lipinski definition) is 0. The van der Waals surface area contributed by atoms with E-state index in [9.17, 15) is 0 Å². The lowest BCUT2D eigenvalue weighted by atomic mass is 10.2. The summed E-state index contributed by atoms with van der Waals surface area (Å²) in [5.74, 6) is 2.73. The Labute approximate surface area is 242 Å². The highest BCUT2D eigenvalue weighted by Crippen LogP contribution is 2.19. The van der Waals surface area contributed by atoms with Crippen molar-refractivity contribution in [3.05, 3.63) is 144 Å². The van der Waals surface area contributed by atoms with Crippen LogP contribution in [-0.4, -0.2) is 56.8 Å². The van der Waals surface area contributed by atoms with Crippen molar-refractivity contribution >= 4 is 11.7 Å². The molecule has 0 N–H and O–H groups in total. The van der Waals surface area contributed by atoms with Crippen LogP contribution in [-0.2, 0) is 26.2 Å². The normalized spacial score (nSPS) is 15.2. The minimum atomic E-state index is 0. The molecular weight excluding hydrogens is 544 g/mol. The fraction of sp³-hybridized carbons (Fsp3) is 0.235. The zero-order valence-electron chi connectivity index (χ0n) is 22.4. The number of amidine groups is 2. The molecule has 0 aliphatic carbocycles. The van der Waals surface area contributed by atoms with Gasteiger partial charge in [0.15, 0.2) is 0 Å². The van der Waals surface area contributed by atoms with Gasteiger partial charge in [-0.25, -0.2) is 19.0 Å². The standard InChI is InChI=1S/C34H36N4.BrH/c1-5-13-29(14-6-1)25-35-21-22-36(26-30-15-7-2-8-16-30)33(35)34-37(27-31-17-9-3-10-18-31)23-24-38(34)28-32-19-11-4-12-20-32;/h1-20H,21-28H2;1H/q+2;/p-1. The van der Waals surface area contributed by atoms with Crippen molar-refractivity contribution in [3.63, 3.8) is 0 Å². The molecule has 198 valence electrons. The molecule has 0 aromatic heterocycles.